The standard InChI is InChI=1S/C15H15N5O2S2/c1-9-8-24-15(16-9)17-12(21)7-20-5-10(6-20)14-18-13(19-22-14)11-3-2-4-23-11/h2-4,8,10H,5-7H2,1H3,(H,16,17,21). The highest BCUT2D eigenvalue weighted by molar-refractivity contribution is 7.14. The number of likely N-dealkylation sites (tertiary alicyclic amines) is 1. The van der Waals surface area contributed by atoms with Gasteiger partial charge in [0.15, 0.2) is 5.13 Å². The third kappa shape index (κ3) is 3.23. The summed E-state index contributed by atoms with van der Waals surface area (Å²) in [6, 6.07) is 3.93. The Morgan fingerprint density at radius 1 is 1.42 bits per heavy atom. The summed E-state index contributed by atoms with van der Waals surface area (Å²) in [6.07, 6.45) is 0. The number of nitrogens with one attached hydrogen (secondary N) is 1. The van der Waals surface area contributed by atoms with E-state index in [-0.39, 0.29) is 11.8 Å². The Bertz CT molecular complexity index is 836. The summed E-state index contributed by atoms with van der Waals surface area (Å²) >= 11 is 3.02. The predicted octanol–water partition coefficient (Wildman–Crippen LogP) is 2.60. The van der Waals surface area contributed by atoms with E-state index in [1.807, 2.05) is 29.8 Å². The number of hydrogen-bond acceptors (Lipinski definition) is 8. The van der Waals surface area contributed by atoms with Gasteiger partial charge in [-0.15, -0.1) is 22.7 Å². The van der Waals surface area contributed by atoms with Crippen LogP contribution in [0.4, 0.5) is 5.13 Å². The van der Waals surface area contributed by atoms with E-state index >= 15 is 0 Å². The Morgan fingerprint density at radius 3 is 3.00 bits per heavy atom. The van der Waals surface area contributed by atoms with Crippen LogP contribution < -0.4 is 5.32 Å². The minimum Gasteiger partial charge on any atom is -0.339 e. The lowest BCUT2D eigenvalue weighted by Gasteiger charge is -2.36. The molecule has 3 aromatic rings. The SMILES string of the molecule is Cc1csc(NC(=O)CN2CC(c3nc(-c4cccs4)no3)C2)n1. The van der Waals surface area contributed by atoms with Crippen molar-refractivity contribution in [2.45, 2.75) is 12.8 Å². The highest BCUT2D eigenvalue weighted by atomic mass is 32.1. The number of rotatable bonds is 5. The lowest BCUT2D eigenvalue weighted by Crippen LogP contribution is -2.48. The molecule has 0 aromatic carbocycles. The van der Waals surface area contributed by atoms with Crippen molar-refractivity contribution in [3.63, 3.8) is 0 Å². The van der Waals surface area contributed by atoms with Crippen LogP contribution in [0, 0.1) is 6.92 Å². The third-order valence-electron chi connectivity index (χ3n) is 3.72. The van der Waals surface area contributed by atoms with Gasteiger partial charge >= 0.3 is 0 Å². The number of anilines is 1. The molecule has 1 fully saturated rings. The highest BCUT2D eigenvalue weighted by Crippen LogP contribution is 2.28. The van der Waals surface area contributed by atoms with Crippen LogP contribution in [-0.2, 0) is 4.79 Å². The zero-order valence-electron chi connectivity index (χ0n) is 12.9. The normalized spacial score (nSPS) is 15.4. The van der Waals surface area contributed by atoms with E-state index in [0.29, 0.717) is 23.4 Å². The molecule has 0 saturated carbocycles. The van der Waals surface area contributed by atoms with Gasteiger partial charge in [0.1, 0.15) is 0 Å². The second-order valence-corrected chi connectivity index (χ2v) is 7.47. The second kappa shape index (κ2) is 6.42. The van der Waals surface area contributed by atoms with Crippen LogP contribution in [0.5, 0.6) is 0 Å². The van der Waals surface area contributed by atoms with Crippen molar-refractivity contribution in [2.24, 2.45) is 0 Å². The Labute approximate surface area is 146 Å². The van der Waals surface area contributed by atoms with Gasteiger partial charge in [-0.3, -0.25) is 9.69 Å². The molecule has 0 atom stereocenters. The van der Waals surface area contributed by atoms with E-state index in [4.69, 9.17) is 4.52 Å². The quantitative estimate of drug-likeness (QED) is 0.752. The molecule has 124 valence electrons. The molecule has 0 radical (unpaired) electrons. The third-order valence-corrected chi connectivity index (χ3v) is 5.46. The largest absolute Gasteiger partial charge is 0.339 e. The van der Waals surface area contributed by atoms with Crippen molar-refractivity contribution in [1.82, 2.24) is 20.0 Å². The van der Waals surface area contributed by atoms with E-state index in [0.717, 1.165) is 23.7 Å². The summed E-state index contributed by atoms with van der Waals surface area (Å²) in [7, 11) is 0. The summed E-state index contributed by atoms with van der Waals surface area (Å²) in [5.74, 6) is 1.43. The van der Waals surface area contributed by atoms with Gasteiger partial charge in [-0.05, 0) is 18.4 Å². The molecule has 4 rings (SSSR count). The molecule has 0 aliphatic carbocycles. The van der Waals surface area contributed by atoms with Crippen LogP contribution in [-0.4, -0.2) is 45.6 Å². The molecule has 0 bridgehead atoms. The van der Waals surface area contributed by atoms with Gasteiger partial charge in [0.25, 0.3) is 0 Å². The molecular formula is C15H15N5O2S2. The van der Waals surface area contributed by atoms with Crippen molar-refractivity contribution in [2.75, 3.05) is 25.0 Å². The Kier molecular flexibility index (Phi) is 4.13. The minimum atomic E-state index is -0.0485. The van der Waals surface area contributed by atoms with Gasteiger partial charge in [0, 0.05) is 18.5 Å². The van der Waals surface area contributed by atoms with E-state index in [1.165, 1.54) is 11.3 Å². The number of amides is 1. The molecule has 24 heavy (non-hydrogen) atoms. The van der Waals surface area contributed by atoms with Gasteiger partial charge in [-0.1, -0.05) is 11.2 Å². The first-order chi connectivity index (χ1) is 11.7. The summed E-state index contributed by atoms with van der Waals surface area (Å²) in [4.78, 5) is 23.7. The van der Waals surface area contributed by atoms with Crippen molar-refractivity contribution >= 4 is 33.7 Å². The summed E-state index contributed by atoms with van der Waals surface area (Å²) in [5, 5.41) is 11.4. The zero-order chi connectivity index (χ0) is 16.5. The molecule has 1 aliphatic heterocycles. The number of nitrogens with zero attached hydrogens (tertiary/aromatic N) is 4. The number of thiazole rings is 1. The molecule has 1 aliphatic rings. The van der Waals surface area contributed by atoms with Gasteiger partial charge in [0.05, 0.1) is 23.0 Å². The number of carbonyl (C=O) groups excluding carboxylic acids is 1. The van der Waals surface area contributed by atoms with Crippen molar-refractivity contribution in [3.05, 3.63) is 34.5 Å². The summed E-state index contributed by atoms with van der Waals surface area (Å²) < 4.78 is 5.35. The molecule has 0 spiro atoms. The van der Waals surface area contributed by atoms with Crippen LogP contribution in [0.15, 0.2) is 27.4 Å². The van der Waals surface area contributed by atoms with Crippen LogP contribution in [0.2, 0.25) is 0 Å². The monoisotopic (exact) mass is 361 g/mol. The average Bonchev–Trinajstić information content (AvgIpc) is 3.23. The Hall–Kier alpha value is -2.10. The maximum absolute atomic E-state index is 12.0. The number of aryl methyl sites for hydroxylation is 1. The van der Waals surface area contributed by atoms with Crippen LogP contribution >= 0.6 is 22.7 Å². The smallest absolute Gasteiger partial charge is 0.240 e. The fourth-order valence-electron chi connectivity index (χ4n) is 2.54. The molecular weight excluding hydrogens is 346 g/mol. The zero-order valence-corrected chi connectivity index (χ0v) is 14.6. The number of carbonyl (C=O) groups is 1. The molecule has 1 amide bonds. The first kappa shape index (κ1) is 15.4. The molecule has 3 aromatic heterocycles. The Balaban J connectivity index is 1.28. The molecule has 9 heteroatoms. The van der Waals surface area contributed by atoms with Crippen LogP contribution in [0.1, 0.15) is 17.5 Å². The van der Waals surface area contributed by atoms with Crippen LogP contribution in [0.3, 0.4) is 0 Å². The first-order valence-electron chi connectivity index (χ1n) is 7.49. The van der Waals surface area contributed by atoms with E-state index in [9.17, 15) is 4.79 Å². The second-order valence-electron chi connectivity index (χ2n) is 5.67. The van der Waals surface area contributed by atoms with Gasteiger partial charge < -0.3 is 9.84 Å². The van der Waals surface area contributed by atoms with Crippen molar-refractivity contribution < 1.29 is 9.32 Å². The molecule has 4 heterocycles. The minimum absolute atomic E-state index is 0.0485. The molecule has 1 N–H and O–H groups in total. The number of aromatic nitrogens is 3. The fourth-order valence-corrected chi connectivity index (χ4v) is 3.89. The maximum Gasteiger partial charge on any atom is 0.240 e. The fraction of sp³-hybridized carbons (Fsp3) is 0.333. The lowest BCUT2D eigenvalue weighted by molar-refractivity contribution is -0.118. The predicted molar refractivity (Wildman–Crippen MR) is 92.3 cm³/mol. The summed E-state index contributed by atoms with van der Waals surface area (Å²) in [6.45, 7) is 3.74. The van der Waals surface area contributed by atoms with Crippen molar-refractivity contribution in [3.8, 4) is 10.7 Å². The maximum atomic E-state index is 12.0. The topological polar surface area (TPSA) is 84.2 Å². The first-order valence-corrected chi connectivity index (χ1v) is 9.25. The molecule has 7 nitrogen and oxygen atoms in total. The number of hydrogen-bond donors (Lipinski definition) is 1. The lowest BCUT2D eigenvalue weighted by atomic mass is 10.0. The summed E-state index contributed by atoms with van der Waals surface area (Å²) in [5.41, 5.74) is 0.914. The highest BCUT2D eigenvalue weighted by Gasteiger charge is 2.33. The van der Waals surface area contributed by atoms with E-state index in [2.05, 4.69) is 25.3 Å². The van der Waals surface area contributed by atoms with Crippen LogP contribution in [0.25, 0.3) is 10.7 Å². The van der Waals surface area contributed by atoms with Gasteiger partial charge in [-0.25, -0.2) is 4.98 Å². The van der Waals surface area contributed by atoms with Gasteiger partial charge in [0.2, 0.25) is 17.6 Å². The Morgan fingerprint density at radius 2 is 2.29 bits per heavy atom. The molecule has 1 saturated heterocycles. The van der Waals surface area contributed by atoms with E-state index < -0.39 is 0 Å². The van der Waals surface area contributed by atoms with E-state index in [1.54, 1.807) is 11.3 Å². The number of thiophene rings is 1. The van der Waals surface area contributed by atoms with Crippen molar-refractivity contribution in [1.29, 1.82) is 0 Å². The van der Waals surface area contributed by atoms with Gasteiger partial charge in [-0.2, -0.15) is 4.98 Å². The molecule has 0 unspecified atom stereocenters. The average molecular weight is 361 g/mol.